The predicted octanol–water partition coefficient (Wildman–Crippen LogP) is 2.12. The number of amides is 3. The minimum absolute atomic E-state index is 0.0771. The molecule has 3 N–H and O–H groups in total. The fraction of sp³-hybridized carbons (Fsp3) is 0.0556. The van der Waals surface area contributed by atoms with Crippen LogP contribution in [0.1, 0.15) is 11.1 Å². The number of hydrogen-bond acceptors (Lipinski definition) is 4. The molecule has 3 aromatic rings. The van der Waals surface area contributed by atoms with E-state index < -0.39 is 23.1 Å². The van der Waals surface area contributed by atoms with Crippen LogP contribution in [0.5, 0.6) is 0 Å². The van der Waals surface area contributed by atoms with Crippen molar-refractivity contribution in [3.63, 3.8) is 0 Å². The molecule has 3 amide bonds. The SMILES string of the molecule is O=C1Nc2c(c(=O)oc3ccccc23)C2(N1)C(=O)Nc1ccccc12. The van der Waals surface area contributed by atoms with Gasteiger partial charge >= 0.3 is 11.7 Å². The summed E-state index contributed by atoms with van der Waals surface area (Å²) < 4.78 is 5.42. The van der Waals surface area contributed by atoms with Crippen molar-refractivity contribution in [3.05, 3.63) is 70.1 Å². The molecular formula is C18H11N3O4. The molecule has 2 aromatic carbocycles. The van der Waals surface area contributed by atoms with Crippen LogP contribution in [0.15, 0.2) is 57.7 Å². The standard InChI is InChI=1S/C18H11N3O4/c22-15-13-14(9-5-1-4-8-12(9)25-15)20-17(24)21-18(13)10-6-2-3-7-11(10)19-16(18)23/h1-8H,(H,19,23)(H2,20,21,24). The van der Waals surface area contributed by atoms with Crippen LogP contribution < -0.4 is 21.6 Å². The van der Waals surface area contributed by atoms with Gasteiger partial charge in [-0.3, -0.25) is 4.79 Å². The summed E-state index contributed by atoms with van der Waals surface area (Å²) >= 11 is 0. The van der Waals surface area contributed by atoms with Crippen molar-refractivity contribution < 1.29 is 14.0 Å². The van der Waals surface area contributed by atoms with Gasteiger partial charge in [0.2, 0.25) is 0 Å². The lowest BCUT2D eigenvalue weighted by atomic mass is 9.82. The summed E-state index contributed by atoms with van der Waals surface area (Å²) in [5, 5.41) is 8.59. The van der Waals surface area contributed by atoms with E-state index in [0.29, 0.717) is 27.9 Å². The molecule has 0 fully saturated rings. The maximum atomic E-state index is 12.9. The highest BCUT2D eigenvalue weighted by Gasteiger charge is 2.55. The van der Waals surface area contributed by atoms with E-state index in [9.17, 15) is 14.4 Å². The Kier molecular flexibility index (Phi) is 2.47. The molecule has 0 saturated heterocycles. The second kappa shape index (κ2) is 4.47. The lowest BCUT2D eigenvalue weighted by Crippen LogP contribution is -2.58. The average Bonchev–Trinajstić information content (AvgIpc) is 2.87. The monoisotopic (exact) mass is 333 g/mol. The van der Waals surface area contributed by atoms with Crippen molar-refractivity contribution in [3.8, 4) is 0 Å². The topological polar surface area (TPSA) is 100 Å². The van der Waals surface area contributed by atoms with Crippen molar-refractivity contribution >= 4 is 34.3 Å². The molecule has 5 rings (SSSR count). The van der Waals surface area contributed by atoms with Crippen LogP contribution in [0, 0.1) is 0 Å². The van der Waals surface area contributed by atoms with Gasteiger partial charge in [-0.15, -0.1) is 0 Å². The Balaban J connectivity index is 1.96. The number of urea groups is 1. The first-order valence-electron chi connectivity index (χ1n) is 7.68. The van der Waals surface area contributed by atoms with Crippen molar-refractivity contribution in [2.45, 2.75) is 5.54 Å². The molecular weight excluding hydrogens is 322 g/mol. The Morgan fingerprint density at radius 1 is 0.880 bits per heavy atom. The molecule has 25 heavy (non-hydrogen) atoms. The Labute approximate surface area is 140 Å². The summed E-state index contributed by atoms with van der Waals surface area (Å²) in [5.41, 5.74) is -0.510. The van der Waals surface area contributed by atoms with Gasteiger partial charge in [-0.2, -0.15) is 0 Å². The van der Waals surface area contributed by atoms with E-state index in [1.54, 1.807) is 48.5 Å². The second-order valence-electron chi connectivity index (χ2n) is 5.96. The molecule has 1 spiro atoms. The summed E-state index contributed by atoms with van der Waals surface area (Å²) in [7, 11) is 0. The third kappa shape index (κ3) is 1.61. The molecule has 2 aliphatic heterocycles. The number of carbonyl (C=O) groups excluding carboxylic acids is 2. The van der Waals surface area contributed by atoms with Crippen LogP contribution in [-0.4, -0.2) is 11.9 Å². The van der Waals surface area contributed by atoms with E-state index in [0.717, 1.165) is 0 Å². The van der Waals surface area contributed by atoms with Crippen molar-refractivity contribution in [1.29, 1.82) is 0 Å². The van der Waals surface area contributed by atoms with Crippen molar-refractivity contribution in [1.82, 2.24) is 5.32 Å². The minimum atomic E-state index is -1.61. The number of anilines is 2. The number of hydrogen-bond donors (Lipinski definition) is 3. The predicted molar refractivity (Wildman–Crippen MR) is 90.5 cm³/mol. The molecule has 1 aromatic heterocycles. The van der Waals surface area contributed by atoms with Gasteiger partial charge in [0.25, 0.3) is 5.91 Å². The maximum Gasteiger partial charge on any atom is 0.344 e. The van der Waals surface area contributed by atoms with E-state index in [1.165, 1.54) is 0 Å². The normalized spacial score (nSPS) is 20.6. The van der Waals surface area contributed by atoms with E-state index in [4.69, 9.17) is 4.42 Å². The van der Waals surface area contributed by atoms with Crippen LogP contribution in [0.4, 0.5) is 16.2 Å². The summed E-state index contributed by atoms with van der Waals surface area (Å²) in [6.07, 6.45) is 0. The van der Waals surface area contributed by atoms with E-state index >= 15 is 0 Å². The molecule has 0 radical (unpaired) electrons. The molecule has 3 heterocycles. The maximum absolute atomic E-state index is 12.9. The number of carbonyl (C=O) groups is 2. The molecule has 0 bridgehead atoms. The smallest absolute Gasteiger partial charge is 0.344 e. The fourth-order valence-electron chi connectivity index (χ4n) is 3.63. The molecule has 0 aliphatic carbocycles. The minimum Gasteiger partial charge on any atom is -0.422 e. The van der Waals surface area contributed by atoms with Gasteiger partial charge < -0.3 is 20.4 Å². The largest absolute Gasteiger partial charge is 0.422 e. The highest BCUT2D eigenvalue weighted by molar-refractivity contribution is 6.16. The van der Waals surface area contributed by atoms with E-state index in [1.807, 2.05) is 0 Å². The van der Waals surface area contributed by atoms with Crippen molar-refractivity contribution in [2.24, 2.45) is 0 Å². The van der Waals surface area contributed by atoms with Crippen molar-refractivity contribution in [2.75, 3.05) is 10.6 Å². The van der Waals surface area contributed by atoms with Gasteiger partial charge in [0.15, 0.2) is 5.54 Å². The Hall–Kier alpha value is -3.61. The van der Waals surface area contributed by atoms with Gasteiger partial charge in [0.1, 0.15) is 11.1 Å². The lowest BCUT2D eigenvalue weighted by Gasteiger charge is -2.34. The number of rotatable bonds is 0. The van der Waals surface area contributed by atoms with Crippen LogP contribution in [0.25, 0.3) is 11.0 Å². The number of para-hydroxylation sites is 2. The zero-order chi connectivity index (χ0) is 17.2. The van der Waals surface area contributed by atoms with Gasteiger partial charge in [0.05, 0.1) is 5.69 Å². The molecule has 0 saturated carbocycles. The molecule has 1 atom stereocenters. The number of benzene rings is 2. The number of nitrogens with one attached hydrogen (secondary N) is 3. The molecule has 7 heteroatoms. The summed E-state index contributed by atoms with van der Waals surface area (Å²) in [4.78, 5) is 38.0. The summed E-state index contributed by atoms with van der Waals surface area (Å²) in [6, 6.07) is 13.3. The van der Waals surface area contributed by atoms with E-state index in [-0.39, 0.29) is 5.56 Å². The fourth-order valence-corrected chi connectivity index (χ4v) is 3.63. The van der Waals surface area contributed by atoms with Gasteiger partial charge in [-0.1, -0.05) is 30.3 Å². The Bertz CT molecular complexity index is 1150. The Morgan fingerprint density at radius 3 is 2.52 bits per heavy atom. The van der Waals surface area contributed by atoms with Crippen LogP contribution >= 0.6 is 0 Å². The summed E-state index contributed by atoms with van der Waals surface area (Å²) in [5.74, 6) is -0.493. The van der Waals surface area contributed by atoms with Crippen LogP contribution in [-0.2, 0) is 10.3 Å². The lowest BCUT2D eigenvalue weighted by molar-refractivity contribution is -0.120. The average molecular weight is 333 g/mol. The van der Waals surface area contributed by atoms with Gasteiger partial charge in [-0.25, -0.2) is 9.59 Å². The first kappa shape index (κ1) is 13.8. The Morgan fingerprint density at radius 2 is 1.64 bits per heavy atom. The third-order valence-corrected chi connectivity index (χ3v) is 4.65. The molecule has 1 unspecified atom stereocenters. The highest BCUT2D eigenvalue weighted by Crippen LogP contribution is 2.45. The van der Waals surface area contributed by atoms with Crippen LogP contribution in [0.2, 0.25) is 0 Å². The van der Waals surface area contributed by atoms with Crippen LogP contribution in [0.3, 0.4) is 0 Å². The van der Waals surface area contributed by atoms with E-state index in [2.05, 4.69) is 16.0 Å². The molecule has 7 nitrogen and oxygen atoms in total. The second-order valence-corrected chi connectivity index (χ2v) is 5.96. The van der Waals surface area contributed by atoms with Gasteiger partial charge in [0, 0.05) is 16.6 Å². The highest BCUT2D eigenvalue weighted by atomic mass is 16.4. The molecule has 2 aliphatic rings. The third-order valence-electron chi connectivity index (χ3n) is 4.65. The summed E-state index contributed by atoms with van der Waals surface area (Å²) in [6.45, 7) is 0. The molecule has 122 valence electrons. The quantitative estimate of drug-likeness (QED) is 0.549. The van der Waals surface area contributed by atoms with Gasteiger partial charge in [-0.05, 0) is 18.2 Å². The first-order valence-corrected chi connectivity index (χ1v) is 7.68. The zero-order valence-electron chi connectivity index (χ0n) is 12.8. The zero-order valence-corrected chi connectivity index (χ0v) is 12.8. The first-order chi connectivity index (χ1) is 12.1. The number of fused-ring (bicyclic) bond motifs is 6.